The van der Waals surface area contributed by atoms with Crippen LogP contribution in [0.3, 0.4) is 0 Å². The van der Waals surface area contributed by atoms with E-state index in [1.165, 1.54) is 0 Å². The van der Waals surface area contributed by atoms with E-state index >= 15 is 0 Å². The number of aromatic nitrogens is 2. The van der Waals surface area contributed by atoms with E-state index in [9.17, 15) is 4.79 Å². The van der Waals surface area contributed by atoms with Gasteiger partial charge >= 0.3 is 0 Å². The summed E-state index contributed by atoms with van der Waals surface area (Å²) in [5, 5.41) is 3.11. The summed E-state index contributed by atoms with van der Waals surface area (Å²) < 4.78 is 12.9. The highest BCUT2D eigenvalue weighted by Gasteiger charge is 2.22. The Hall–Kier alpha value is -2.90. The van der Waals surface area contributed by atoms with E-state index in [-0.39, 0.29) is 11.8 Å². The van der Waals surface area contributed by atoms with Gasteiger partial charge in [-0.2, -0.15) is 0 Å². The number of carbonyl (C=O) groups is 1. The fourth-order valence-electron chi connectivity index (χ4n) is 4.22. The lowest BCUT2D eigenvalue weighted by Gasteiger charge is -2.26. The fraction of sp³-hybridized carbons (Fsp3) is 0.440. The van der Waals surface area contributed by atoms with Gasteiger partial charge in [-0.15, -0.1) is 0 Å². The highest BCUT2D eigenvalue weighted by Crippen LogP contribution is 2.31. The smallest absolute Gasteiger partial charge is 0.221 e. The van der Waals surface area contributed by atoms with Crippen molar-refractivity contribution in [2.75, 3.05) is 46.5 Å². The standard InChI is InChI=1S/C25H32N4O3/c1-19-7-10-29-23(18-27-24(29)15-19)22(20-5-3-6-21(16-20)31-2)17-25(30)26-8-4-9-28-11-13-32-14-12-28/h3,5-7,10,15-16,18,22H,4,8-9,11-14,17H2,1-2H3,(H,26,30). The van der Waals surface area contributed by atoms with Gasteiger partial charge in [0, 0.05) is 44.4 Å². The minimum atomic E-state index is -0.123. The number of aryl methyl sites for hydroxylation is 1. The third kappa shape index (κ3) is 5.47. The summed E-state index contributed by atoms with van der Waals surface area (Å²) >= 11 is 0. The largest absolute Gasteiger partial charge is 0.497 e. The summed E-state index contributed by atoms with van der Waals surface area (Å²) in [6.45, 7) is 7.25. The van der Waals surface area contributed by atoms with E-state index in [0.717, 1.165) is 67.5 Å². The molecule has 7 nitrogen and oxygen atoms in total. The third-order valence-electron chi connectivity index (χ3n) is 6.02. The molecule has 1 N–H and O–H groups in total. The van der Waals surface area contributed by atoms with E-state index in [2.05, 4.69) is 38.7 Å². The average Bonchev–Trinajstić information content (AvgIpc) is 3.23. The Morgan fingerprint density at radius 3 is 2.91 bits per heavy atom. The summed E-state index contributed by atoms with van der Waals surface area (Å²) in [6.07, 6.45) is 5.20. The Bertz CT molecular complexity index is 1040. The van der Waals surface area contributed by atoms with Gasteiger partial charge in [0.25, 0.3) is 0 Å². The fourth-order valence-corrected chi connectivity index (χ4v) is 4.22. The molecule has 32 heavy (non-hydrogen) atoms. The van der Waals surface area contributed by atoms with Gasteiger partial charge < -0.3 is 19.2 Å². The first kappa shape index (κ1) is 22.3. The zero-order valence-electron chi connectivity index (χ0n) is 18.9. The maximum absolute atomic E-state index is 12.9. The lowest BCUT2D eigenvalue weighted by molar-refractivity contribution is -0.121. The molecule has 1 atom stereocenters. The number of nitrogens with one attached hydrogen (secondary N) is 1. The summed E-state index contributed by atoms with van der Waals surface area (Å²) in [5.74, 6) is 0.701. The number of imidazole rings is 1. The predicted octanol–water partition coefficient (Wildman–Crippen LogP) is 3.01. The van der Waals surface area contributed by atoms with Crippen LogP contribution in [0.25, 0.3) is 5.65 Å². The maximum Gasteiger partial charge on any atom is 0.221 e. The van der Waals surface area contributed by atoms with Gasteiger partial charge in [0.15, 0.2) is 0 Å². The van der Waals surface area contributed by atoms with Crippen molar-refractivity contribution in [3.63, 3.8) is 0 Å². The number of hydrogen-bond acceptors (Lipinski definition) is 5. The van der Waals surface area contributed by atoms with E-state index in [1.807, 2.05) is 36.7 Å². The van der Waals surface area contributed by atoms with Gasteiger partial charge in [-0.05, 0) is 55.3 Å². The Balaban J connectivity index is 1.47. The highest BCUT2D eigenvalue weighted by atomic mass is 16.5. The number of pyridine rings is 1. The van der Waals surface area contributed by atoms with Crippen molar-refractivity contribution in [3.05, 3.63) is 65.6 Å². The molecule has 170 valence electrons. The molecule has 0 radical (unpaired) electrons. The minimum absolute atomic E-state index is 0.0434. The Kier molecular flexibility index (Phi) is 7.39. The first-order valence-corrected chi connectivity index (χ1v) is 11.3. The molecule has 1 fully saturated rings. The molecule has 2 aromatic heterocycles. The Morgan fingerprint density at radius 1 is 1.25 bits per heavy atom. The molecule has 1 aliphatic heterocycles. The van der Waals surface area contributed by atoms with Crippen LogP contribution in [0, 0.1) is 6.92 Å². The molecular weight excluding hydrogens is 404 g/mol. The van der Waals surface area contributed by atoms with Crippen LogP contribution in [0.15, 0.2) is 48.8 Å². The summed E-state index contributed by atoms with van der Waals surface area (Å²) in [5.41, 5.74) is 4.08. The zero-order valence-corrected chi connectivity index (χ0v) is 18.9. The van der Waals surface area contributed by atoms with E-state index in [4.69, 9.17) is 9.47 Å². The number of morpholine rings is 1. The maximum atomic E-state index is 12.9. The molecule has 3 heterocycles. The van der Waals surface area contributed by atoms with Crippen LogP contribution in [0.4, 0.5) is 0 Å². The van der Waals surface area contributed by atoms with Crippen molar-refractivity contribution in [2.24, 2.45) is 0 Å². The van der Waals surface area contributed by atoms with Crippen LogP contribution in [0.2, 0.25) is 0 Å². The molecule has 1 amide bonds. The van der Waals surface area contributed by atoms with Crippen molar-refractivity contribution in [3.8, 4) is 5.75 Å². The normalized spacial score (nSPS) is 15.6. The van der Waals surface area contributed by atoms with Gasteiger partial charge in [-0.25, -0.2) is 4.98 Å². The number of fused-ring (bicyclic) bond motifs is 1. The summed E-state index contributed by atoms with van der Waals surface area (Å²) in [4.78, 5) is 19.9. The van der Waals surface area contributed by atoms with Crippen LogP contribution in [0.5, 0.6) is 5.75 Å². The second-order valence-electron chi connectivity index (χ2n) is 8.31. The number of carbonyl (C=O) groups excluding carboxylic acids is 1. The van der Waals surface area contributed by atoms with Crippen molar-refractivity contribution in [1.82, 2.24) is 19.6 Å². The molecule has 1 aliphatic rings. The molecule has 4 rings (SSSR count). The topological polar surface area (TPSA) is 68.1 Å². The molecule has 0 bridgehead atoms. The van der Waals surface area contributed by atoms with Crippen LogP contribution in [-0.2, 0) is 9.53 Å². The van der Waals surface area contributed by atoms with Crippen LogP contribution >= 0.6 is 0 Å². The van der Waals surface area contributed by atoms with Gasteiger partial charge in [0.05, 0.1) is 26.0 Å². The zero-order chi connectivity index (χ0) is 22.3. The number of nitrogens with zero attached hydrogens (tertiary/aromatic N) is 3. The van der Waals surface area contributed by atoms with Crippen LogP contribution in [-0.4, -0.2) is 66.7 Å². The lowest BCUT2D eigenvalue weighted by atomic mass is 9.92. The second-order valence-corrected chi connectivity index (χ2v) is 8.31. The molecule has 0 aliphatic carbocycles. The average molecular weight is 437 g/mol. The number of benzene rings is 1. The molecular formula is C25H32N4O3. The summed E-state index contributed by atoms with van der Waals surface area (Å²) in [6, 6.07) is 12.1. The first-order valence-electron chi connectivity index (χ1n) is 11.3. The third-order valence-corrected chi connectivity index (χ3v) is 6.02. The number of ether oxygens (including phenoxy) is 2. The van der Waals surface area contributed by atoms with Crippen LogP contribution in [0.1, 0.15) is 35.6 Å². The van der Waals surface area contributed by atoms with Gasteiger partial charge in [0.1, 0.15) is 11.4 Å². The lowest BCUT2D eigenvalue weighted by Crippen LogP contribution is -2.38. The molecule has 1 unspecified atom stereocenters. The van der Waals surface area contributed by atoms with Gasteiger partial charge in [-0.3, -0.25) is 9.69 Å². The number of methoxy groups -OCH3 is 1. The summed E-state index contributed by atoms with van der Waals surface area (Å²) in [7, 11) is 1.66. The molecule has 0 saturated carbocycles. The van der Waals surface area contributed by atoms with Gasteiger partial charge in [0.2, 0.25) is 5.91 Å². The Morgan fingerprint density at radius 2 is 2.09 bits per heavy atom. The SMILES string of the molecule is COc1cccc(C(CC(=O)NCCCN2CCOCC2)c2cnc3cc(C)ccn23)c1. The van der Waals surface area contributed by atoms with E-state index in [0.29, 0.717) is 13.0 Å². The highest BCUT2D eigenvalue weighted by molar-refractivity contribution is 5.77. The number of rotatable bonds is 9. The van der Waals surface area contributed by atoms with E-state index < -0.39 is 0 Å². The molecule has 1 aromatic carbocycles. The van der Waals surface area contributed by atoms with Crippen LogP contribution < -0.4 is 10.1 Å². The predicted molar refractivity (Wildman–Crippen MR) is 124 cm³/mol. The van der Waals surface area contributed by atoms with Crippen molar-refractivity contribution >= 4 is 11.6 Å². The van der Waals surface area contributed by atoms with Crippen molar-refractivity contribution in [2.45, 2.75) is 25.7 Å². The second kappa shape index (κ2) is 10.6. The van der Waals surface area contributed by atoms with E-state index in [1.54, 1.807) is 7.11 Å². The Labute approximate surface area is 189 Å². The molecule has 0 spiro atoms. The number of amides is 1. The first-order chi connectivity index (χ1) is 15.6. The van der Waals surface area contributed by atoms with Gasteiger partial charge in [-0.1, -0.05) is 12.1 Å². The molecule has 3 aromatic rings. The minimum Gasteiger partial charge on any atom is -0.497 e. The monoisotopic (exact) mass is 436 g/mol. The quantitative estimate of drug-likeness (QED) is 0.523. The van der Waals surface area contributed by atoms with Crippen molar-refractivity contribution < 1.29 is 14.3 Å². The number of hydrogen-bond donors (Lipinski definition) is 1. The molecule has 1 saturated heterocycles. The molecule has 7 heteroatoms. The van der Waals surface area contributed by atoms with Crippen molar-refractivity contribution in [1.29, 1.82) is 0 Å².